The second-order valence-corrected chi connectivity index (χ2v) is 3.39. The Kier molecular flexibility index (Phi) is 3.10. The van der Waals surface area contributed by atoms with Crippen molar-refractivity contribution >= 4 is 0 Å². The third-order valence-electron chi connectivity index (χ3n) is 2.02. The molecule has 78 valence electrons. The van der Waals surface area contributed by atoms with Crippen molar-refractivity contribution in [3.05, 3.63) is 29.3 Å². The van der Waals surface area contributed by atoms with Crippen LogP contribution in [0.3, 0.4) is 0 Å². The summed E-state index contributed by atoms with van der Waals surface area (Å²) in [6.45, 7) is 3.39. The minimum absolute atomic E-state index is 0.180. The van der Waals surface area contributed by atoms with Crippen molar-refractivity contribution in [2.45, 2.75) is 19.9 Å². The fourth-order valence-electron chi connectivity index (χ4n) is 1.09. The number of hydrogen-bond donors (Lipinski definition) is 1. The van der Waals surface area contributed by atoms with Gasteiger partial charge in [-0.1, -0.05) is 13.8 Å². The van der Waals surface area contributed by atoms with E-state index in [1.165, 1.54) is 0 Å². The Labute approximate surface area is 79.9 Å². The summed E-state index contributed by atoms with van der Waals surface area (Å²) in [5.41, 5.74) is 5.10. The van der Waals surface area contributed by atoms with Crippen molar-refractivity contribution in [1.82, 2.24) is 4.98 Å². The molecule has 0 saturated carbocycles. The number of halogens is 3. The minimum atomic E-state index is -1.32. The molecule has 5 heteroatoms. The van der Waals surface area contributed by atoms with Crippen molar-refractivity contribution in [2.75, 3.05) is 0 Å². The van der Waals surface area contributed by atoms with Crippen LogP contribution in [0.2, 0.25) is 0 Å². The quantitative estimate of drug-likeness (QED) is 0.749. The SMILES string of the molecule is CC(C)[C@@H](N)c1c(F)cnc(F)c1F. The van der Waals surface area contributed by atoms with Crippen LogP contribution in [0, 0.1) is 23.5 Å². The van der Waals surface area contributed by atoms with Gasteiger partial charge in [0.1, 0.15) is 5.82 Å². The first-order chi connectivity index (χ1) is 6.45. The van der Waals surface area contributed by atoms with Crippen LogP contribution in [0.1, 0.15) is 25.5 Å². The third kappa shape index (κ3) is 1.87. The molecular weight excluding hydrogens is 193 g/mol. The lowest BCUT2D eigenvalue weighted by Crippen LogP contribution is -2.21. The first-order valence-electron chi connectivity index (χ1n) is 4.20. The van der Waals surface area contributed by atoms with Crippen LogP contribution in [0.15, 0.2) is 6.20 Å². The highest BCUT2D eigenvalue weighted by Gasteiger charge is 2.22. The zero-order valence-corrected chi connectivity index (χ0v) is 7.89. The van der Waals surface area contributed by atoms with Gasteiger partial charge in [-0.3, -0.25) is 0 Å². The van der Waals surface area contributed by atoms with Crippen LogP contribution >= 0.6 is 0 Å². The number of rotatable bonds is 2. The average Bonchev–Trinajstić information content (AvgIpc) is 2.12. The first-order valence-corrected chi connectivity index (χ1v) is 4.20. The molecule has 1 aromatic rings. The summed E-state index contributed by atoms with van der Waals surface area (Å²) in [7, 11) is 0. The normalized spacial score (nSPS) is 13.4. The van der Waals surface area contributed by atoms with E-state index >= 15 is 0 Å². The van der Waals surface area contributed by atoms with E-state index in [1.807, 2.05) is 0 Å². The molecule has 14 heavy (non-hydrogen) atoms. The second kappa shape index (κ2) is 3.96. The van der Waals surface area contributed by atoms with E-state index in [2.05, 4.69) is 4.98 Å². The summed E-state index contributed by atoms with van der Waals surface area (Å²) in [5, 5.41) is 0. The summed E-state index contributed by atoms with van der Waals surface area (Å²) in [6, 6.07) is -0.868. The minimum Gasteiger partial charge on any atom is -0.324 e. The molecule has 2 N–H and O–H groups in total. The molecule has 0 bridgehead atoms. The van der Waals surface area contributed by atoms with Gasteiger partial charge in [0.2, 0.25) is 5.95 Å². The molecule has 0 spiro atoms. The summed E-state index contributed by atoms with van der Waals surface area (Å²) in [6.07, 6.45) is 0.635. The molecular formula is C9H11F3N2. The Morgan fingerprint density at radius 3 is 2.36 bits per heavy atom. The molecule has 1 atom stereocenters. The fourth-order valence-corrected chi connectivity index (χ4v) is 1.09. The second-order valence-electron chi connectivity index (χ2n) is 3.39. The molecule has 1 rings (SSSR count). The highest BCUT2D eigenvalue weighted by atomic mass is 19.2. The van der Waals surface area contributed by atoms with E-state index in [4.69, 9.17) is 5.73 Å². The maximum absolute atomic E-state index is 13.1. The van der Waals surface area contributed by atoms with Gasteiger partial charge in [-0.2, -0.15) is 4.39 Å². The summed E-state index contributed by atoms with van der Waals surface area (Å²) in [4.78, 5) is 2.91. The van der Waals surface area contributed by atoms with Gasteiger partial charge in [-0.25, -0.2) is 13.8 Å². The Balaban J connectivity index is 3.25. The molecule has 0 aliphatic heterocycles. The zero-order chi connectivity index (χ0) is 10.9. The molecule has 1 aromatic heterocycles. The maximum atomic E-state index is 13.1. The van der Waals surface area contributed by atoms with Gasteiger partial charge >= 0.3 is 0 Å². The van der Waals surface area contributed by atoms with E-state index in [1.54, 1.807) is 13.8 Å². The molecule has 0 aliphatic rings. The largest absolute Gasteiger partial charge is 0.324 e. The monoisotopic (exact) mass is 204 g/mol. The van der Waals surface area contributed by atoms with E-state index in [0.717, 1.165) is 0 Å². The molecule has 0 fully saturated rings. The standard InChI is InChI=1S/C9H11F3N2/c1-4(2)8(13)6-5(10)3-14-9(12)7(6)11/h3-4,8H,13H2,1-2H3/t8-/m1/s1. The van der Waals surface area contributed by atoms with Crippen molar-refractivity contribution in [3.8, 4) is 0 Å². The predicted octanol–water partition coefficient (Wildman–Crippen LogP) is 2.15. The van der Waals surface area contributed by atoms with Gasteiger partial charge in [0, 0.05) is 11.6 Å². The van der Waals surface area contributed by atoms with Crippen LogP contribution in [0.25, 0.3) is 0 Å². The molecule has 2 nitrogen and oxygen atoms in total. The van der Waals surface area contributed by atoms with E-state index in [0.29, 0.717) is 6.20 Å². The zero-order valence-electron chi connectivity index (χ0n) is 7.89. The Hall–Kier alpha value is -1.10. The number of aromatic nitrogens is 1. The first kappa shape index (κ1) is 11.0. The van der Waals surface area contributed by atoms with E-state index in [-0.39, 0.29) is 5.92 Å². The van der Waals surface area contributed by atoms with Crippen molar-refractivity contribution in [2.24, 2.45) is 11.7 Å². The molecule has 0 aromatic carbocycles. The van der Waals surface area contributed by atoms with Crippen LogP contribution in [-0.4, -0.2) is 4.98 Å². The van der Waals surface area contributed by atoms with Gasteiger partial charge in [0.25, 0.3) is 0 Å². The topological polar surface area (TPSA) is 38.9 Å². The predicted molar refractivity (Wildman–Crippen MR) is 45.9 cm³/mol. The molecule has 0 radical (unpaired) electrons. The lowest BCUT2D eigenvalue weighted by molar-refractivity contribution is 0.411. The average molecular weight is 204 g/mol. The molecule has 0 saturated heterocycles. The third-order valence-corrected chi connectivity index (χ3v) is 2.02. The molecule has 1 heterocycles. The fraction of sp³-hybridized carbons (Fsp3) is 0.444. The van der Waals surface area contributed by atoms with Crippen molar-refractivity contribution in [1.29, 1.82) is 0 Å². The summed E-state index contributed by atoms with van der Waals surface area (Å²) in [5.74, 6) is -3.71. The molecule has 0 unspecified atom stereocenters. The van der Waals surface area contributed by atoms with E-state index < -0.39 is 29.2 Å². The Bertz CT molecular complexity index is 339. The van der Waals surface area contributed by atoms with Gasteiger partial charge in [0.05, 0.1) is 6.20 Å². The number of nitrogens with zero attached hydrogens (tertiary/aromatic N) is 1. The molecule has 0 amide bonds. The Morgan fingerprint density at radius 2 is 1.86 bits per heavy atom. The van der Waals surface area contributed by atoms with Crippen molar-refractivity contribution < 1.29 is 13.2 Å². The van der Waals surface area contributed by atoms with Gasteiger partial charge in [-0.05, 0) is 5.92 Å². The Morgan fingerprint density at radius 1 is 1.29 bits per heavy atom. The van der Waals surface area contributed by atoms with Crippen LogP contribution < -0.4 is 5.73 Å². The van der Waals surface area contributed by atoms with E-state index in [9.17, 15) is 13.2 Å². The van der Waals surface area contributed by atoms with Gasteiger partial charge in [-0.15, -0.1) is 0 Å². The highest BCUT2D eigenvalue weighted by molar-refractivity contribution is 5.20. The number of nitrogens with two attached hydrogens (primary N) is 1. The summed E-state index contributed by atoms with van der Waals surface area (Å²) >= 11 is 0. The van der Waals surface area contributed by atoms with Crippen LogP contribution in [0.4, 0.5) is 13.2 Å². The van der Waals surface area contributed by atoms with Crippen molar-refractivity contribution in [3.63, 3.8) is 0 Å². The smallest absolute Gasteiger partial charge is 0.249 e. The number of pyridine rings is 1. The summed E-state index contributed by atoms with van der Waals surface area (Å²) < 4.78 is 38.9. The number of hydrogen-bond acceptors (Lipinski definition) is 2. The van der Waals surface area contributed by atoms with Gasteiger partial charge in [0.15, 0.2) is 5.82 Å². The molecule has 0 aliphatic carbocycles. The lowest BCUT2D eigenvalue weighted by Gasteiger charge is -2.17. The highest BCUT2D eigenvalue weighted by Crippen LogP contribution is 2.24. The maximum Gasteiger partial charge on any atom is 0.249 e. The lowest BCUT2D eigenvalue weighted by atomic mass is 9.97. The van der Waals surface area contributed by atoms with Crippen LogP contribution in [0.5, 0.6) is 0 Å². The van der Waals surface area contributed by atoms with Gasteiger partial charge < -0.3 is 5.73 Å². The van der Waals surface area contributed by atoms with Crippen LogP contribution in [-0.2, 0) is 0 Å².